The first kappa shape index (κ1) is 13.8. The number of hydrogen-bond donors (Lipinski definition) is 0. The third kappa shape index (κ3) is 2.72. The Hall–Kier alpha value is -1.23. The van der Waals surface area contributed by atoms with E-state index in [1.807, 2.05) is 0 Å². The normalized spacial score (nSPS) is 11.6. The molecule has 0 amide bonds. The molecule has 8 heteroatoms. The van der Waals surface area contributed by atoms with Gasteiger partial charge in [0, 0.05) is 22.7 Å². The maximum atomic E-state index is 12.7. The van der Waals surface area contributed by atoms with Gasteiger partial charge in [-0.15, -0.1) is 0 Å². The minimum atomic E-state index is -4.83. The Labute approximate surface area is 101 Å². The molecule has 0 aliphatic rings. The van der Waals surface area contributed by atoms with Gasteiger partial charge in [0.25, 0.3) is 6.43 Å². The third-order valence-corrected chi connectivity index (χ3v) is 2.53. The molecule has 2 nitrogen and oxygen atoms in total. The molecule has 1 heterocycles. The van der Waals surface area contributed by atoms with Crippen LogP contribution in [-0.4, -0.2) is 4.98 Å². The Morgan fingerprint density at radius 1 is 1.41 bits per heavy atom. The number of hydrogen-bond acceptors (Lipinski definition) is 2. The van der Waals surface area contributed by atoms with E-state index >= 15 is 0 Å². The zero-order valence-electron chi connectivity index (χ0n) is 8.02. The summed E-state index contributed by atoms with van der Waals surface area (Å²) in [5.74, 6) is 0. The molecule has 0 aromatic carbocycles. The maximum absolute atomic E-state index is 12.7. The van der Waals surface area contributed by atoms with Crippen LogP contribution in [0.5, 0.6) is 0 Å². The first-order chi connectivity index (χ1) is 7.82. The average molecular weight is 315 g/mol. The van der Waals surface area contributed by atoms with Crippen LogP contribution in [0.1, 0.15) is 28.8 Å². The van der Waals surface area contributed by atoms with E-state index in [0.29, 0.717) is 6.20 Å². The zero-order valence-corrected chi connectivity index (χ0v) is 9.61. The molecule has 0 atom stereocenters. The number of alkyl halides is 6. The van der Waals surface area contributed by atoms with Crippen molar-refractivity contribution in [2.24, 2.45) is 0 Å². The first-order valence-corrected chi connectivity index (χ1v) is 5.28. The van der Waals surface area contributed by atoms with Crippen molar-refractivity contribution in [1.82, 2.24) is 4.98 Å². The van der Waals surface area contributed by atoms with Crippen LogP contribution in [0.3, 0.4) is 0 Å². The fraction of sp³-hybridized carbons (Fsp3) is 0.333. The lowest BCUT2D eigenvalue weighted by atomic mass is 10.0. The van der Waals surface area contributed by atoms with Gasteiger partial charge in [-0.1, -0.05) is 15.9 Å². The van der Waals surface area contributed by atoms with Crippen molar-refractivity contribution in [3.05, 3.63) is 28.6 Å². The highest BCUT2D eigenvalue weighted by Gasteiger charge is 2.37. The second-order valence-corrected chi connectivity index (χ2v) is 3.52. The van der Waals surface area contributed by atoms with Crippen LogP contribution in [0, 0.1) is 11.3 Å². The van der Waals surface area contributed by atoms with Crippen LogP contribution in [0.4, 0.5) is 22.0 Å². The van der Waals surface area contributed by atoms with Gasteiger partial charge in [-0.3, -0.25) is 4.98 Å². The van der Waals surface area contributed by atoms with Crippen LogP contribution < -0.4 is 0 Å². The molecule has 0 radical (unpaired) electrons. The molecule has 0 aliphatic heterocycles. The lowest BCUT2D eigenvalue weighted by Gasteiger charge is -2.14. The van der Waals surface area contributed by atoms with E-state index in [4.69, 9.17) is 5.26 Å². The van der Waals surface area contributed by atoms with Crippen molar-refractivity contribution < 1.29 is 22.0 Å². The molecule has 1 rings (SSSR count). The van der Waals surface area contributed by atoms with E-state index in [9.17, 15) is 22.0 Å². The molecular weight excluding hydrogens is 311 g/mol. The van der Waals surface area contributed by atoms with Gasteiger partial charge in [-0.25, -0.2) is 8.78 Å². The predicted octanol–water partition coefficient (Wildman–Crippen LogP) is 3.80. The highest BCUT2D eigenvalue weighted by atomic mass is 79.9. The molecule has 0 saturated heterocycles. The van der Waals surface area contributed by atoms with Crippen molar-refractivity contribution >= 4 is 15.9 Å². The van der Waals surface area contributed by atoms with Gasteiger partial charge in [-0.05, 0) is 0 Å². The Kier molecular flexibility index (Phi) is 4.03. The second kappa shape index (κ2) is 4.96. The number of aromatic nitrogens is 1. The molecule has 0 bridgehead atoms. The van der Waals surface area contributed by atoms with Crippen LogP contribution in [0.2, 0.25) is 0 Å². The number of pyridine rings is 1. The van der Waals surface area contributed by atoms with Gasteiger partial charge < -0.3 is 0 Å². The van der Waals surface area contributed by atoms with Crippen LogP contribution in [-0.2, 0) is 11.5 Å². The number of halogens is 6. The smallest absolute Gasteiger partial charge is 0.250 e. The lowest BCUT2D eigenvalue weighted by Crippen LogP contribution is -2.14. The molecule has 92 valence electrons. The van der Waals surface area contributed by atoms with Crippen LogP contribution in [0.15, 0.2) is 6.20 Å². The van der Waals surface area contributed by atoms with Crippen molar-refractivity contribution in [1.29, 1.82) is 5.26 Å². The SMILES string of the molecule is N#Cc1cnc(C(F)(F)F)c(CBr)c1C(F)F. The molecule has 0 N–H and O–H groups in total. The minimum Gasteiger partial charge on any atom is -0.250 e. The van der Waals surface area contributed by atoms with E-state index in [2.05, 4.69) is 20.9 Å². The predicted molar refractivity (Wildman–Crippen MR) is 51.5 cm³/mol. The molecule has 1 aromatic heterocycles. The Morgan fingerprint density at radius 2 is 2.00 bits per heavy atom. The summed E-state index contributed by atoms with van der Waals surface area (Å²) in [6.07, 6.45) is -7.49. The highest BCUT2D eigenvalue weighted by molar-refractivity contribution is 9.08. The summed E-state index contributed by atoms with van der Waals surface area (Å²) in [6.45, 7) is 0. The van der Waals surface area contributed by atoms with Gasteiger partial charge >= 0.3 is 6.18 Å². The van der Waals surface area contributed by atoms with Crippen molar-refractivity contribution in [2.45, 2.75) is 17.9 Å². The van der Waals surface area contributed by atoms with Crippen molar-refractivity contribution in [2.75, 3.05) is 0 Å². The summed E-state index contributed by atoms with van der Waals surface area (Å²) < 4.78 is 62.8. The quantitative estimate of drug-likeness (QED) is 0.615. The van der Waals surface area contributed by atoms with Gasteiger partial charge in [-0.2, -0.15) is 18.4 Å². The molecule has 0 spiro atoms. The minimum absolute atomic E-state index is 0.454. The fourth-order valence-electron chi connectivity index (χ4n) is 1.28. The van der Waals surface area contributed by atoms with Crippen molar-refractivity contribution in [3.63, 3.8) is 0 Å². The highest BCUT2D eigenvalue weighted by Crippen LogP contribution is 2.37. The molecular formula is C9H4BrF5N2. The Balaban J connectivity index is 3.60. The number of nitriles is 1. The van der Waals surface area contributed by atoms with Gasteiger partial charge in [0.1, 0.15) is 11.8 Å². The van der Waals surface area contributed by atoms with E-state index in [-0.39, 0.29) is 0 Å². The molecule has 0 saturated carbocycles. The summed E-state index contributed by atoms with van der Waals surface area (Å²) >= 11 is 2.70. The van der Waals surface area contributed by atoms with E-state index in [1.165, 1.54) is 6.07 Å². The average Bonchev–Trinajstić information content (AvgIpc) is 2.25. The fourth-order valence-corrected chi connectivity index (χ4v) is 1.85. The molecule has 1 aromatic rings. The largest absolute Gasteiger partial charge is 0.433 e. The Morgan fingerprint density at radius 3 is 2.35 bits per heavy atom. The number of nitrogens with zero attached hydrogens (tertiary/aromatic N) is 2. The van der Waals surface area contributed by atoms with Crippen LogP contribution in [0.25, 0.3) is 0 Å². The summed E-state index contributed by atoms with van der Waals surface area (Å²) in [5, 5.41) is 8.11. The summed E-state index contributed by atoms with van der Waals surface area (Å²) in [7, 11) is 0. The molecule has 17 heavy (non-hydrogen) atoms. The zero-order chi connectivity index (χ0) is 13.2. The van der Waals surface area contributed by atoms with E-state index in [0.717, 1.165) is 0 Å². The summed E-state index contributed by atoms with van der Waals surface area (Å²) in [4.78, 5) is 3.02. The van der Waals surface area contributed by atoms with E-state index < -0.39 is 40.3 Å². The second-order valence-electron chi connectivity index (χ2n) is 2.96. The summed E-state index contributed by atoms with van der Waals surface area (Å²) in [5.41, 5.74) is -3.58. The molecule has 0 unspecified atom stereocenters. The van der Waals surface area contributed by atoms with Gasteiger partial charge in [0.15, 0.2) is 0 Å². The Bertz CT molecular complexity index is 464. The van der Waals surface area contributed by atoms with Crippen molar-refractivity contribution in [3.8, 4) is 6.07 Å². The molecule has 0 fully saturated rings. The van der Waals surface area contributed by atoms with Gasteiger partial charge in [0.05, 0.1) is 5.56 Å². The third-order valence-electron chi connectivity index (χ3n) is 1.96. The first-order valence-electron chi connectivity index (χ1n) is 4.16. The molecule has 0 aliphatic carbocycles. The maximum Gasteiger partial charge on any atom is 0.433 e. The van der Waals surface area contributed by atoms with Crippen LogP contribution >= 0.6 is 15.9 Å². The standard InChI is InChI=1S/C9H4BrF5N2/c10-1-5-6(8(11)12)4(2-16)3-17-7(5)9(13,14)15/h3,8H,1H2. The monoisotopic (exact) mass is 314 g/mol. The van der Waals surface area contributed by atoms with Gasteiger partial charge in [0.2, 0.25) is 0 Å². The number of rotatable bonds is 2. The summed E-state index contributed by atoms with van der Waals surface area (Å²) in [6, 6.07) is 1.40. The topological polar surface area (TPSA) is 36.7 Å². The van der Waals surface area contributed by atoms with E-state index in [1.54, 1.807) is 0 Å². The lowest BCUT2D eigenvalue weighted by molar-refractivity contribution is -0.141.